The Morgan fingerprint density at radius 3 is 2.83 bits per heavy atom. The molecule has 0 aliphatic heterocycles. The van der Waals surface area contributed by atoms with Gasteiger partial charge in [0.05, 0.1) is 24.7 Å². The lowest BCUT2D eigenvalue weighted by molar-refractivity contribution is 0.243. The Bertz CT molecular complexity index is 606. The number of rotatable bonds is 4. The highest BCUT2D eigenvalue weighted by Crippen LogP contribution is 2.26. The van der Waals surface area contributed by atoms with Gasteiger partial charge in [-0.1, -0.05) is 0 Å². The van der Waals surface area contributed by atoms with E-state index in [-0.39, 0.29) is 17.6 Å². The highest BCUT2D eigenvalue weighted by atomic mass is 31.2. The van der Waals surface area contributed by atoms with Gasteiger partial charge in [0.25, 0.3) is 0 Å². The summed E-state index contributed by atoms with van der Waals surface area (Å²) in [5.41, 5.74) is 0.359. The molecule has 2 rings (SSSR count). The first kappa shape index (κ1) is 13.0. The maximum Gasteiger partial charge on any atom is 0.327 e. The van der Waals surface area contributed by atoms with Crippen LogP contribution in [0.15, 0.2) is 33.7 Å². The zero-order chi connectivity index (χ0) is 13.1. The third kappa shape index (κ3) is 2.68. The van der Waals surface area contributed by atoms with E-state index >= 15 is 0 Å². The van der Waals surface area contributed by atoms with E-state index in [1.807, 2.05) is 0 Å². The van der Waals surface area contributed by atoms with Crippen molar-refractivity contribution in [2.75, 3.05) is 7.11 Å². The zero-order valence-electron chi connectivity index (χ0n) is 9.49. The van der Waals surface area contributed by atoms with Crippen LogP contribution in [0.3, 0.4) is 0 Å². The van der Waals surface area contributed by atoms with Gasteiger partial charge in [-0.15, -0.1) is 0 Å². The fraction of sp³-hybridized carbons (Fsp3) is 0.182. The molecule has 2 aromatic rings. The summed E-state index contributed by atoms with van der Waals surface area (Å²) in [5, 5.41) is 0.386. The van der Waals surface area contributed by atoms with Crippen LogP contribution in [-0.2, 0) is 11.1 Å². The van der Waals surface area contributed by atoms with Gasteiger partial charge in [0.2, 0.25) is 0 Å². The van der Waals surface area contributed by atoms with Gasteiger partial charge in [0.15, 0.2) is 5.43 Å². The van der Waals surface area contributed by atoms with Gasteiger partial charge in [-0.2, -0.15) is 0 Å². The SMILES string of the molecule is COc1ccc2c(=O)c(COP(O)O)coc2c1. The summed E-state index contributed by atoms with van der Waals surface area (Å²) in [6.07, 6.45) is 1.24. The molecule has 18 heavy (non-hydrogen) atoms. The number of methoxy groups -OCH3 is 1. The number of fused-ring (bicyclic) bond motifs is 1. The Morgan fingerprint density at radius 2 is 2.17 bits per heavy atom. The van der Waals surface area contributed by atoms with Crippen molar-refractivity contribution in [1.29, 1.82) is 0 Å². The van der Waals surface area contributed by atoms with Crippen molar-refractivity contribution < 1.29 is 23.5 Å². The Balaban J connectivity index is 2.42. The molecule has 1 heterocycles. The molecular formula is C11H11O6P. The molecule has 6 nitrogen and oxygen atoms in total. The largest absolute Gasteiger partial charge is 0.497 e. The number of ether oxygens (including phenoxy) is 1. The number of benzene rings is 1. The topological polar surface area (TPSA) is 89.1 Å². The van der Waals surface area contributed by atoms with Crippen LogP contribution in [0.2, 0.25) is 0 Å². The monoisotopic (exact) mass is 270 g/mol. The fourth-order valence-electron chi connectivity index (χ4n) is 1.50. The van der Waals surface area contributed by atoms with E-state index in [2.05, 4.69) is 4.52 Å². The van der Waals surface area contributed by atoms with Crippen LogP contribution < -0.4 is 10.2 Å². The van der Waals surface area contributed by atoms with Gasteiger partial charge in [0, 0.05) is 6.07 Å². The van der Waals surface area contributed by atoms with Gasteiger partial charge < -0.3 is 23.5 Å². The molecule has 7 heteroatoms. The molecular weight excluding hydrogens is 259 g/mol. The molecule has 0 aliphatic rings. The van der Waals surface area contributed by atoms with Crippen molar-refractivity contribution in [3.63, 3.8) is 0 Å². The zero-order valence-corrected chi connectivity index (χ0v) is 10.4. The minimum Gasteiger partial charge on any atom is -0.497 e. The molecule has 0 unspecified atom stereocenters. The molecule has 0 radical (unpaired) electrons. The van der Waals surface area contributed by atoms with Crippen LogP contribution >= 0.6 is 8.60 Å². The van der Waals surface area contributed by atoms with Gasteiger partial charge in [-0.05, 0) is 12.1 Å². The van der Waals surface area contributed by atoms with Crippen LogP contribution in [0.1, 0.15) is 5.56 Å². The molecule has 1 aromatic heterocycles. The summed E-state index contributed by atoms with van der Waals surface area (Å²) in [6, 6.07) is 4.84. The Morgan fingerprint density at radius 1 is 1.39 bits per heavy atom. The van der Waals surface area contributed by atoms with E-state index in [4.69, 9.17) is 18.9 Å². The van der Waals surface area contributed by atoms with E-state index < -0.39 is 8.60 Å². The quantitative estimate of drug-likeness (QED) is 0.819. The van der Waals surface area contributed by atoms with Crippen molar-refractivity contribution >= 4 is 19.6 Å². The van der Waals surface area contributed by atoms with Crippen LogP contribution in [0.4, 0.5) is 0 Å². The average Bonchev–Trinajstić information content (AvgIpc) is 2.37. The van der Waals surface area contributed by atoms with E-state index in [0.717, 1.165) is 0 Å². The van der Waals surface area contributed by atoms with Gasteiger partial charge >= 0.3 is 8.60 Å². The van der Waals surface area contributed by atoms with E-state index in [1.54, 1.807) is 18.2 Å². The van der Waals surface area contributed by atoms with Crippen LogP contribution in [0.25, 0.3) is 11.0 Å². The van der Waals surface area contributed by atoms with E-state index in [9.17, 15) is 4.79 Å². The predicted molar refractivity (Wildman–Crippen MR) is 65.2 cm³/mol. The second-order valence-corrected chi connectivity index (χ2v) is 4.24. The summed E-state index contributed by atoms with van der Waals surface area (Å²) >= 11 is 0. The molecule has 0 bridgehead atoms. The minimum absolute atomic E-state index is 0.205. The van der Waals surface area contributed by atoms with Crippen molar-refractivity contribution in [2.45, 2.75) is 6.61 Å². The molecule has 0 atom stereocenters. The number of hydrogen-bond donors (Lipinski definition) is 2. The number of hydrogen-bond acceptors (Lipinski definition) is 6. The molecule has 1 aromatic carbocycles. The highest BCUT2D eigenvalue weighted by Gasteiger charge is 2.10. The third-order valence-corrected chi connectivity index (χ3v) is 2.75. The van der Waals surface area contributed by atoms with Crippen molar-refractivity contribution in [1.82, 2.24) is 0 Å². The summed E-state index contributed by atoms with van der Waals surface area (Å²) in [7, 11) is -0.968. The molecule has 0 amide bonds. The molecule has 0 saturated carbocycles. The van der Waals surface area contributed by atoms with Crippen molar-refractivity contribution in [3.05, 3.63) is 40.2 Å². The maximum absolute atomic E-state index is 12.0. The first-order valence-corrected chi connectivity index (χ1v) is 6.17. The maximum atomic E-state index is 12.0. The average molecular weight is 270 g/mol. The van der Waals surface area contributed by atoms with Crippen molar-refractivity contribution in [3.8, 4) is 5.75 Å². The smallest absolute Gasteiger partial charge is 0.327 e. The molecule has 0 fully saturated rings. The molecule has 0 spiro atoms. The van der Waals surface area contributed by atoms with Crippen LogP contribution in [-0.4, -0.2) is 16.9 Å². The summed E-state index contributed by atoms with van der Waals surface area (Å²) in [5.74, 6) is 0.587. The van der Waals surface area contributed by atoms with Crippen LogP contribution in [0.5, 0.6) is 5.75 Å². The summed E-state index contributed by atoms with van der Waals surface area (Å²) in [6.45, 7) is -0.205. The second kappa shape index (κ2) is 5.46. The molecule has 96 valence electrons. The van der Waals surface area contributed by atoms with Gasteiger partial charge in [-0.3, -0.25) is 4.79 Å². The highest BCUT2D eigenvalue weighted by molar-refractivity contribution is 7.39. The Hall–Kier alpha value is -1.46. The van der Waals surface area contributed by atoms with Crippen LogP contribution in [0, 0.1) is 0 Å². The minimum atomic E-state index is -2.49. The first-order chi connectivity index (χ1) is 8.61. The van der Waals surface area contributed by atoms with E-state index in [1.165, 1.54) is 13.4 Å². The van der Waals surface area contributed by atoms with Crippen molar-refractivity contribution in [2.24, 2.45) is 0 Å². The lowest BCUT2D eigenvalue weighted by Gasteiger charge is -2.05. The van der Waals surface area contributed by atoms with Gasteiger partial charge in [0.1, 0.15) is 17.6 Å². The Kier molecular flexibility index (Phi) is 3.93. The lowest BCUT2D eigenvalue weighted by atomic mass is 10.2. The normalized spacial score (nSPS) is 11.1. The molecule has 2 N–H and O–H groups in total. The first-order valence-electron chi connectivity index (χ1n) is 5.01. The third-order valence-electron chi connectivity index (χ3n) is 2.39. The summed E-state index contributed by atoms with van der Waals surface area (Å²) in [4.78, 5) is 29.3. The predicted octanol–water partition coefficient (Wildman–Crippen LogP) is 1.53. The molecule has 0 saturated heterocycles. The Labute approximate surface area is 103 Å². The molecule has 0 aliphatic carbocycles. The van der Waals surface area contributed by atoms with E-state index in [0.29, 0.717) is 16.7 Å². The fourth-order valence-corrected chi connectivity index (χ4v) is 1.76. The standard InChI is InChI=1S/C11H11O6P/c1-15-8-2-3-9-10(4-8)16-5-7(11(9)12)6-17-18(13)14/h2-5,13-14H,6H2,1H3. The second-order valence-electron chi connectivity index (χ2n) is 3.48. The lowest BCUT2D eigenvalue weighted by Crippen LogP contribution is -2.09. The summed E-state index contributed by atoms with van der Waals surface area (Å²) < 4.78 is 14.9. The van der Waals surface area contributed by atoms with Gasteiger partial charge in [-0.25, -0.2) is 0 Å².